The minimum Gasteiger partial charge on any atom is -0.496 e. The van der Waals surface area contributed by atoms with E-state index in [4.69, 9.17) is 4.74 Å². The molecule has 1 N–H and O–H groups in total. The maximum atomic E-state index is 9.95. The van der Waals surface area contributed by atoms with Crippen molar-refractivity contribution in [2.24, 2.45) is 5.41 Å². The third kappa shape index (κ3) is 4.22. The van der Waals surface area contributed by atoms with Crippen LogP contribution in [0.4, 0.5) is 0 Å². The summed E-state index contributed by atoms with van der Waals surface area (Å²) in [5.41, 5.74) is 0.280. The Balaban J connectivity index is 2.50. The molecule has 0 aliphatic heterocycles. The molecule has 0 fully saturated rings. The standard InChI is InChI=1S/C12H20O2S/c1-12(2,3)6-5-10(13)11-7-9(14-4)8-15-11/h7-8,10,13H,5-6H2,1-4H3. The number of hydrogen-bond acceptors (Lipinski definition) is 3. The fourth-order valence-electron chi connectivity index (χ4n) is 1.33. The van der Waals surface area contributed by atoms with Crippen LogP contribution in [-0.4, -0.2) is 12.2 Å². The predicted octanol–water partition coefficient (Wildman–Crippen LogP) is 3.62. The minimum atomic E-state index is -0.349. The summed E-state index contributed by atoms with van der Waals surface area (Å²) in [5.74, 6) is 0.838. The highest BCUT2D eigenvalue weighted by atomic mass is 32.1. The first-order valence-corrected chi connectivity index (χ1v) is 6.11. The Labute approximate surface area is 95.9 Å². The third-order valence-corrected chi connectivity index (χ3v) is 3.34. The highest BCUT2D eigenvalue weighted by molar-refractivity contribution is 7.10. The molecule has 1 aromatic heterocycles. The summed E-state index contributed by atoms with van der Waals surface area (Å²) < 4.78 is 5.09. The van der Waals surface area contributed by atoms with E-state index in [1.807, 2.05) is 11.4 Å². The molecule has 1 heterocycles. The van der Waals surface area contributed by atoms with Gasteiger partial charge in [0.2, 0.25) is 0 Å². The van der Waals surface area contributed by atoms with Gasteiger partial charge in [-0.3, -0.25) is 0 Å². The second-order valence-corrected chi connectivity index (χ2v) is 5.95. The molecule has 2 nitrogen and oxygen atoms in total. The SMILES string of the molecule is COc1csc(C(O)CCC(C)(C)C)c1. The lowest BCUT2D eigenvalue weighted by atomic mass is 9.89. The summed E-state index contributed by atoms with van der Waals surface area (Å²) in [6, 6.07) is 1.91. The van der Waals surface area contributed by atoms with Gasteiger partial charge in [-0.2, -0.15) is 0 Å². The summed E-state index contributed by atoms with van der Waals surface area (Å²) in [7, 11) is 1.65. The van der Waals surface area contributed by atoms with Crippen LogP contribution in [0.5, 0.6) is 5.75 Å². The van der Waals surface area contributed by atoms with E-state index in [1.165, 1.54) is 0 Å². The van der Waals surface area contributed by atoms with E-state index >= 15 is 0 Å². The fraction of sp³-hybridized carbons (Fsp3) is 0.667. The Hall–Kier alpha value is -0.540. The smallest absolute Gasteiger partial charge is 0.129 e. The number of aliphatic hydroxyl groups is 1. The molecule has 0 bridgehead atoms. The maximum absolute atomic E-state index is 9.95. The zero-order valence-electron chi connectivity index (χ0n) is 9.91. The van der Waals surface area contributed by atoms with Crippen LogP contribution < -0.4 is 4.74 Å². The minimum absolute atomic E-state index is 0.280. The highest BCUT2D eigenvalue weighted by Gasteiger charge is 2.16. The van der Waals surface area contributed by atoms with E-state index in [1.54, 1.807) is 18.4 Å². The van der Waals surface area contributed by atoms with Crippen LogP contribution in [0.2, 0.25) is 0 Å². The molecular weight excluding hydrogens is 208 g/mol. The van der Waals surface area contributed by atoms with Crippen molar-refractivity contribution >= 4 is 11.3 Å². The van der Waals surface area contributed by atoms with Gasteiger partial charge in [-0.05, 0) is 24.3 Å². The van der Waals surface area contributed by atoms with E-state index < -0.39 is 0 Å². The molecule has 0 aliphatic carbocycles. The van der Waals surface area contributed by atoms with E-state index in [-0.39, 0.29) is 11.5 Å². The van der Waals surface area contributed by atoms with Crippen LogP contribution in [0, 0.1) is 5.41 Å². The van der Waals surface area contributed by atoms with Gasteiger partial charge in [-0.15, -0.1) is 11.3 Å². The van der Waals surface area contributed by atoms with E-state index in [9.17, 15) is 5.11 Å². The lowest BCUT2D eigenvalue weighted by Crippen LogP contribution is -2.07. The van der Waals surface area contributed by atoms with Gasteiger partial charge in [0.15, 0.2) is 0 Å². The van der Waals surface area contributed by atoms with Gasteiger partial charge < -0.3 is 9.84 Å². The Morgan fingerprint density at radius 2 is 2.13 bits per heavy atom. The normalized spacial score (nSPS) is 13.9. The largest absolute Gasteiger partial charge is 0.496 e. The van der Waals surface area contributed by atoms with Gasteiger partial charge in [-0.25, -0.2) is 0 Å². The number of methoxy groups -OCH3 is 1. The molecule has 0 radical (unpaired) electrons. The first kappa shape index (κ1) is 12.5. The quantitative estimate of drug-likeness (QED) is 0.853. The number of rotatable bonds is 4. The number of aliphatic hydroxyl groups excluding tert-OH is 1. The van der Waals surface area contributed by atoms with Crippen LogP contribution in [0.15, 0.2) is 11.4 Å². The van der Waals surface area contributed by atoms with Gasteiger partial charge >= 0.3 is 0 Å². The summed E-state index contributed by atoms with van der Waals surface area (Å²) in [6.45, 7) is 6.57. The molecule has 0 aliphatic rings. The predicted molar refractivity (Wildman–Crippen MR) is 64.5 cm³/mol. The van der Waals surface area contributed by atoms with E-state index in [0.29, 0.717) is 0 Å². The molecular formula is C12H20O2S. The van der Waals surface area contributed by atoms with Crippen molar-refractivity contribution in [3.63, 3.8) is 0 Å². The lowest BCUT2D eigenvalue weighted by Gasteiger charge is -2.19. The molecule has 1 rings (SSSR count). The van der Waals surface area contributed by atoms with Crippen molar-refractivity contribution in [2.75, 3.05) is 7.11 Å². The summed E-state index contributed by atoms with van der Waals surface area (Å²) in [6.07, 6.45) is 1.49. The van der Waals surface area contributed by atoms with Gasteiger partial charge in [-0.1, -0.05) is 20.8 Å². The Kier molecular flexibility index (Phi) is 4.17. The zero-order chi connectivity index (χ0) is 11.5. The molecule has 1 atom stereocenters. The molecule has 3 heteroatoms. The third-order valence-electron chi connectivity index (χ3n) is 2.33. The summed E-state index contributed by atoms with van der Waals surface area (Å²) in [4.78, 5) is 0.996. The molecule has 0 saturated heterocycles. The van der Waals surface area contributed by atoms with Gasteiger partial charge in [0.25, 0.3) is 0 Å². The topological polar surface area (TPSA) is 29.5 Å². The van der Waals surface area contributed by atoms with E-state index in [0.717, 1.165) is 23.5 Å². The van der Waals surface area contributed by atoms with Crippen molar-refractivity contribution in [1.29, 1.82) is 0 Å². The molecule has 15 heavy (non-hydrogen) atoms. The van der Waals surface area contributed by atoms with Gasteiger partial charge in [0.1, 0.15) is 5.75 Å². The second kappa shape index (κ2) is 4.99. The van der Waals surface area contributed by atoms with Crippen LogP contribution >= 0.6 is 11.3 Å². The van der Waals surface area contributed by atoms with Crippen LogP contribution in [0.3, 0.4) is 0 Å². The number of hydrogen-bond donors (Lipinski definition) is 1. The molecule has 1 unspecified atom stereocenters. The molecule has 1 aromatic rings. The average molecular weight is 228 g/mol. The van der Waals surface area contributed by atoms with Crippen LogP contribution in [0.1, 0.15) is 44.6 Å². The molecule has 0 aromatic carbocycles. The van der Waals surface area contributed by atoms with Crippen molar-refractivity contribution in [2.45, 2.75) is 39.7 Å². The maximum Gasteiger partial charge on any atom is 0.129 e. The summed E-state index contributed by atoms with van der Waals surface area (Å²) in [5, 5.41) is 11.9. The average Bonchev–Trinajstić information content (AvgIpc) is 2.61. The Morgan fingerprint density at radius 3 is 2.60 bits per heavy atom. The summed E-state index contributed by atoms with van der Waals surface area (Å²) >= 11 is 1.56. The van der Waals surface area contributed by atoms with Gasteiger partial charge in [0.05, 0.1) is 13.2 Å². The fourth-order valence-corrected chi connectivity index (χ4v) is 2.20. The van der Waals surface area contributed by atoms with Gasteiger partial charge in [0, 0.05) is 10.3 Å². The first-order chi connectivity index (χ1) is 6.92. The monoisotopic (exact) mass is 228 g/mol. The van der Waals surface area contributed by atoms with Crippen molar-refractivity contribution in [3.05, 3.63) is 16.3 Å². The lowest BCUT2D eigenvalue weighted by molar-refractivity contribution is 0.151. The highest BCUT2D eigenvalue weighted by Crippen LogP contribution is 2.32. The number of ether oxygens (including phenoxy) is 1. The Bertz CT molecular complexity index is 299. The second-order valence-electron chi connectivity index (χ2n) is 5.00. The van der Waals surface area contributed by atoms with Crippen molar-refractivity contribution < 1.29 is 9.84 Å². The first-order valence-electron chi connectivity index (χ1n) is 5.23. The van der Waals surface area contributed by atoms with Crippen LogP contribution in [-0.2, 0) is 0 Å². The van der Waals surface area contributed by atoms with Crippen molar-refractivity contribution in [3.8, 4) is 5.75 Å². The number of thiophene rings is 1. The zero-order valence-corrected chi connectivity index (χ0v) is 10.7. The molecule has 0 saturated carbocycles. The molecule has 86 valence electrons. The Morgan fingerprint density at radius 1 is 1.47 bits per heavy atom. The molecule has 0 spiro atoms. The van der Waals surface area contributed by atoms with Crippen LogP contribution in [0.25, 0.3) is 0 Å². The van der Waals surface area contributed by atoms with E-state index in [2.05, 4.69) is 20.8 Å². The van der Waals surface area contributed by atoms with Crippen molar-refractivity contribution in [1.82, 2.24) is 0 Å². The molecule has 0 amide bonds.